The van der Waals surface area contributed by atoms with Gasteiger partial charge in [-0.25, -0.2) is 0 Å². The quantitative estimate of drug-likeness (QED) is 0.758. The first-order valence-corrected chi connectivity index (χ1v) is 7.18. The minimum absolute atomic E-state index is 0.0278. The highest BCUT2D eigenvalue weighted by atomic mass is 16.1. The van der Waals surface area contributed by atoms with Gasteiger partial charge in [0.25, 0.3) is 0 Å². The lowest BCUT2D eigenvalue weighted by atomic mass is 9.97. The molecule has 0 amide bonds. The Morgan fingerprint density at radius 1 is 0.762 bits per heavy atom. The Hall–Kier alpha value is -2.22. The molecule has 2 aromatic rings. The number of ketones is 2. The molecule has 0 aliphatic carbocycles. The van der Waals surface area contributed by atoms with Gasteiger partial charge in [0.05, 0.1) is 0 Å². The van der Waals surface area contributed by atoms with Crippen molar-refractivity contribution in [1.82, 2.24) is 0 Å². The van der Waals surface area contributed by atoms with Crippen LogP contribution in [0.5, 0.6) is 0 Å². The van der Waals surface area contributed by atoms with Crippen LogP contribution in [-0.2, 0) is 0 Å². The summed E-state index contributed by atoms with van der Waals surface area (Å²) in [5.74, 6) is 0.0605. The Balaban J connectivity index is 2.02. The molecule has 0 saturated carbocycles. The van der Waals surface area contributed by atoms with Crippen LogP contribution in [0.4, 0.5) is 0 Å². The monoisotopic (exact) mass is 280 g/mol. The molecule has 0 unspecified atom stereocenters. The standard InChI is InChI=1S/C19H20O2/c1-13-8-9-16(12-15(13)3)18(20)10-11-19(21)17-7-5-4-6-14(17)2/h4-9,12H,10-11H2,1-3H3. The predicted octanol–water partition coefficient (Wildman–Crippen LogP) is 4.46. The Morgan fingerprint density at radius 3 is 2.10 bits per heavy atom. The van der Waals surface area contributed by atoms with Gasteiger partial charge in [-0.15, -0.1) is 0 Å². The van der Waals surface area contributed by atoms with E-state index in [1.54, 1.807) is 0 Å². The first-order valence-electron chi connectivity index (χ1n) is 7.18. The van der Waals surface area contributed by atoms with Crippen molar-refractivity contribution >= 4 is 11.6 Å². The summed E-state index contributed by atoms with van der Waals surface area (Å²) in [6.07, 6.45) is 0.520. The number of hydrogen-bond donors (Lipinski definition) is 0. The van der Waals surface area contributed by atoms with Gasteiger partial charge in [0.2, 0.25) is 0 Å². The van der Waals surface area contributed by atoms with Gasteiger partial charge in [0.15, 0.2) is 11.6 Å². The average molecular weight is 280 g/mol. The maximum Gasteiger partial charge on any atom is 0.163 e. The second-order valence-corrected chi connectivity index (χ2v) is 5.46. The zero-order valence-corrected chi connectivity index (χ0v) is 12.8. The van der Waals surface area contributed by atoms with E-state index < -0.39 is 0 Å². The molecule has 0 fully saturated rings. The van der Waals surface area contributed by atoms with Crippen LogP contribution < -0.4 is 0 Å². The van der Waals surface area contributed by atoms with E-state index in [1.165, 1.54) is 5.56 Å². The Labute approximate surface area is 125 Å². The topological polar surface area (TPSA) is 34.1 Å². The van der Waals surface area contributed by atoms with Crippen molar-refractivity contribution < 1.29 is 9.59 Å². The second kappa shape index (κ2) is 6.49. The highest BCUT2D eigenvalue weighted by Crippen LogP contribution is 2.15. The van der Waals surface area contributed by atoms with Gasteiger partial charge in [-0.1, -0.05) is 36.4 Å². The van der Waals surface area contributed by atoms with Gasteiger partial charge in [0.1, 0.15) is 0 Å². The number of hydrogen-bond acceptors (Lipinski definition) is 2. The molecule has 0 heterocycles. The van der Waals surface area contributed by atoms with Crippen LogP contribution >= 0.6 is 0 Å². The van der Waals surface area contributed by atoms with Crippen molar-refractivity contribution in [3.8, 4) is 0 Å². The van der Waals surface area contributed by atoms with E-state index in [1.807, 2.05) is 63.2 Å². The van der Waals surface area contributed by atoms with Crippen molar-refractivity contribution in [1.29, 1.82) is 0 Å². The summed E-state index contributed by atoms with van der Waals surface area (Å²) in [4.78, 5) is 24.3. The van der Waals surface area contributed by atoms with Crippen LogP contribution in [0.1, 0.15) is 50.2 Å². The predicted molar refractivity (Wildman–Crippen MR) is 85.0 cm³/mol. The zero-order valence-electron chi connectivity index (χ0n) is 12.8. The van der Waals surface area contributed by atoms with Gasteiger partial charge >= 0.3 is 0 Å². The molecule has 2 rings (SSSR count). The lowest BCUT2D eigenvalue weighted by Crippen LogP contribution is -2.07. The van der Waals surface area contributed by atoms with Crippen molar-refractivity contribution in [2.75, 3.05) is 0 Å². The molecule has 0 aliphatic heterocycles. The third-order valence-electron chi connectivity index (χ3n) is 3.85. The van der Waals surface area contributed by atoms with Gasteiger partial charge in [0, 0.05) is 24.0 Å². The van der Waals surface area contributed by atoms with Gasteiger partial charge in [-0.3, -0.25) is 9.59 Å². The Kier molecular flexibility index (Phi) is 4.69. The zero-order chi connectivity index (χ0) is 15.4. The normalized spacial score (nSPS) is 10.4. The number of rotatable bonds is 5. The average Bonchev–Trinajstić information content (AvgIpc) is 2.47. The molecule has 2 heteroatoms. The summed E-state index contributed by atoms with van der Waals surface area (Å²) in [7, 11) is 0. The molecule has 0 atom stereocenters. The number of carbonyl (C=O) groups excluding carboxylic acids is 2. The lowest BCUT2D eigenvalue weighted by molar-refractivity contribution is 0.0917. The number of Topliss-reactive ketones (excluding diaryl/α,β-unsaturated/α-hetero) is 2. The molecule has 0 N–H and O–H groups in total. The number of carbonyl (C=O) groups is 2. The molecule has 0 bridgehead atoms. The molecule has 2 nitrogen and oxygen atoms in total. The van der Waals surface area contributed by atoms with E-state index in [0.29, 0.717) is 11.1 Å². The van der Waals surface area contributed by atoms with Crippen LogP contribution in [0, 0.1) is 20.8 Å². The summed E-state index contributed by atoms with van der Waals surface area (Å²) in [5.41, 5.74) is 4.64. The molecule has 0 saturated heterocycles. The maximum absolute atomic E-state index is 12.2. The number of aryl methyl sites for hydroxylation is 3. The first-order chi connectivity index (χ1) is 9.99. The van der Waals surface area contributed by atoms with E-state index in [-0.39, 0.29) is 24.4 Å². The van der Waals surface area contributed by atoms with Crippen LogP contribution in [0.3, 0.4) is 0 Å². The third-order valence-corrected chi connectivity index (χ3v) is 3.85. The van der Waals surface area contributed by atoms with Crippen molar-refractivity contribution in [3.63, 3.8) is 0 Å². The molecule has 0 aromatic heterocycles. The summed E-state index contributed by atoms with van der Waals surface area (Å²) >= 11 is 0. The fourth-order valence-corrected chi connectivity index (χ4v) is 2.31. The van der Waals surface area contributed by atoms with E-state index in [2.05, 4.69) is 0 Å². The summed E-state index contributed by atoms with van der Waals surface area (Å²) in [5, 5.41) is 0. The van der Waals surface area contributed by atoms with Crippen LogP contribution in [0.15, 0.2) is 42.5 Å². The minimum Gasteiger partial charge on any atom is -0.294 e. The largest absolute Gasteiger partial charge is 0.294 e. The summed E-state index contributed by atoms with van der Waals surface area (Å²) < 4.78 is 0. The second-order valence-electron chi connectivity index (χ2n) is 5.46. The third kappa shape index (κ3) is 3.66. The van der Waals surface area contributed by atoms with E-state index in [4.69, 9.17) is 0 Å². The van der Waals surface area contributed by atoms with Crippen molar-refractivity contribution in [3.05, 3.63) is 70.3 Å². The molecular formula is C19H20O2. The minimum atomic E-state index is 0.0278. The highest BCUT2D eigenvalue weighted by Gasteiger charge is 2.12. The van der Waals surface area contributed by atoms with Gasteiger partial charge in [-0.2, -0.15) is 0 Å². The summed E-state index contributed by atoms with van der Waals surface area (Å²) in [6.45, 7) is 5.92. The Bertz CT molecular complexity index is 684. The molecular weight excluding hydrogens is 260 g/mol. The summed E-state index contributed by atoms with van der Waals surface area (Å²) in [6, 6.07) is 13.2. The highest BCUT2D eigenvalue weighted by molar-refractivity contribution is 6.02. The van der Waals surface area contributed by atoms with Crippen LogP contribution in [0.25, 0.3) is 0 Å². The Morgan fingerprint density at radius 2 is 1.43 bits per heavy atom. The van der Waals surface area contributed by atoms with Crippen molar-refractivity contribution in [2.45, 2.75) is 33.6 Å². The maximum atomic E-state index is 12.2. The molecule has 0 aliphatic rings. The SMILES string of the molecule is Cc1ccc(C(=O)CCC(=O)c2ccccc2C)cc1C. The van der Waals surface area contributed by atoms with E-state index in [9.17, 15) is 9.59 Å². The van der Waals surface area contributed by atoms with E-state index >= 15 is 0 Å². The molecule has 108 valence electrons. The smallest absolute Gasteiger partial charge is 0.163 e. The fourth-order valence-electron chi connectivity index (χ4n) is 2.31. The fraction of sp³-hybridized carbons (Fsp3) is 0.263. The lowest BCUT2D eigenvalue weighted by Gasteiger charge is -2.06. The van der Waals surface area contributed by atoms with Gasteiger partial charge < -0.3 is 0 Å². The van der Waals surface area contributed by atoms with E-state index in [0.717, 1.165) is 11.1 Å². The molecule has 2 aromatic carbocycles. The first kappa shape index (κ1) is 15.2. The molecule has 21 heavy (non-hydrogen) atoms. The van der Waals surface area contributed by atoms with Crippen LogP contribution in [-0.4, -0.2) is 11.6 Å². The van der Waals surface area contributed by atoms with Gasteiger partial charge in [-0.05, 0) is 43.5 Å². The molecule has 0 radical (unpaired) electrons. The van der Waals surface area contributed by atoms with Crippen molar-refractivity contribution in [2.24, 2.45) is 0 Å². The van der Waals surface area contributed by atoms with Crippen LogP contribution in [0.2, 0.25) is 0 Å². The molecule has 0 spiro atoms. The number of benzene rings is 2.